The number of fused-ring (bicyclic) bond motifs is 2. The fraction of sp³-hybridized carbons (Fsp3) is 0.150. The van der Waals surface area contributed by atoms with Crippen molar-refractivity contribution in [3.8, 4) is 11.4 Å². The van der Waals surface area contributed by atoms with Crippen molar-refractivity contribution in [2.24, 2.45) is 0 Å². The Labute approximate surface area is 156 Å². The normalized spacial score (nSPS) is 15.0. The molecule has 0 spiro atoms. The van der Waals surface area contributed by atoms with E-state index in [9.17, 15) is 8.42 Å². The van der Waals surface area contributed by atoms with Crippen LogP contribution in [0.25, 0.3) is 33.2 Å². The molecule has 1 heterocycles. The van der Waals surface area contributed by atoms with E-state index in [4.69, 9.17) is 11.6 Å². The quantitative estimate of drug-likeness (QED) is 0.509. The Balaban J connectivity index is 1.90. The van der Waals surface area contributed by atoms with Gasteiger partial charge in [0.1, 0.15) is 0 Å². The SMILES string of the molecule is O=S(=O)(C1CC1)n1c(-c2cccc3ccccc23)nc2cc(Cl)ccc21. The van der Waals surface area contributed by atoms with Crippen LogP contribution < -0.4 is 0 Å². The number of benzene rings is 3. The fourth-order valence-electron chi connectivity index (χ4n) is 3.39. The molecule has 1 aliphatic carbocycles. The Morgan fingerprint density at radius 1 is 1.00 bits per heavy atom. The van der Waals surface area contributed by atoms with Gasteiger partial charge in [-0.3, -0.25) is 0 Å². The van der Waals surface area contributed by atoms with Gasteiger partial charge < -0.3 is 0 Å². The second-order valence-electron chi connectivity index (χ2n) is 6.60. The third-order valence-corrected chi connectivity index (χ3v) is 7.23. The van der Waals surface area contributed by atoms with Crippen molar-refractivity contribution in [2.75, 3.05) is 0 Å². The average molecular weight is 383 g/mol. The van der Waals surface area contributed by atoms with E-state index >= 15 is 0 Å². The summed E-state index contributed by atoms with van der Waals surface area (Å²) < 4.78 is 27.8. The van der Waals surface area contributed by atoms with Gasteiger partial charge in [0.2, 0.25) is 10.0 Å². The highest BCUT2D eigenvalue weighted by atomic mass is 35.5. The summed E-state index contributed by atoms with van der Waals surface area (Å²) in [5, 5.41) is 2.23. The van der Waals surface area contributed by atoms with E-state index in [1.165, 1.54) is 3.97 Å². The minimum absolute atomic E-state index is 0.329. The molecule has 6 heteroatoms. The summed E-state index contributed by atoms with van der Waals surface area (Å²) in [6, 6.07) is 18.9. The van der Waals surface area contributed by atoms with Gasteiger partial charge in [0, 0.05) is 10.6 Å². The highest BCUT2D eigenvalue weighted by Crippen LogP contribution is 2.37. The average Bonchev–Trinajstić information content (AvgIpc) is 3.43. The zero-order valence-electron chi connectivity index (χ0n) is 13.8. The zero-order valence-corrected chi connectivity index (χ0v) is 15.3. The Morgan fingerprint density at radius 2 is 1.77 bits per heavy atom. The van der Waals surface area contributed by atoms with Crippen LogP contribution >= 0.6 is 11.6 Å². The Hall–Kier alpha value is -2.37. The monoisotopic (exact) mass is 382 g/mol. The first-order valence-corrected chi connectivity index (χ1v) is 10.3. The summed E-state index contributed by atoms with van der Waals surface area (Å²) in [4.78, 5) is 4.67. The van der Waals surface area contributed by atoms with Crippen molar-refractivity contribution in [3.63, 3.8) is 0 Å². The molecule has 0 aliphatic heterocycles. The van der Waals surface area contributed by atoms with Gasteiger partial charge in [0.05, 0.1) is 16.3 Å². The molecule has 4 nitrogen and oxygen atoms in total. The molecule has 130 valence electrons. The van der Waals surface area contributed by atoms with Crippen LogP contribution in [0.5, 0.6) is 0 Å². The van der Waals surface area contributed by atoms with Gasteiger partial charge in [-0.1, -0.05) is 54.1 Å². The number of halogens is 1. The number of aromatic nitrogens is 2. The van der Waals surface area contributed by atoms with Crippen LogP contribution in [-0.2, 0) is 10.0 Å². The first-order valence-electron chi connectivity index (χ1n) is 8.46. The maximum Gasteiger partial charge on any atom is 0.243 e. The van der Waals surface area contributed by atoms with Crippen LogP contribution in [0.4, 0.5) is 0 Å². The lowest BCUT2D eigenvalue weighted by Gasteiger charge is -2.11. The van der Waals surface area contributed by atoms with Crippen molar-refractivity contribution < 1.29 is 8.42 Å². The van der Waals surface area contributed by atoms with Crippen molar-refractivity contribution in [3.05, 3.63) is 65.7 Å². The van der Waals surface area contributed by atoms with E-state index in [1.54, 1.807) is 18.2 Å². The second kappa shape index (κ2) is 5.56. The highest BCUT2D eigenvalue weighted by Gasteiger charge is 2.39. The number of imidazole rings is 1. The van der Waals surface area contributed by atoms with Crippen LogP contribution in [0.1, 0.15) is 12.8 Å². The van der Waals surface area contributed by atoms with Crippen LogP contribution in [-0.4, -0.2) is 22.6 Å². The smallest absolute Gasteiger partial charge is 0.227 e. The van der Waals surface area contributed by atoms with Crippen molar-refractivity contribution in [1.82, 2.24) is 8.96 Å². The number of hydrogen-bond donors (Lipinski definition) is 0. The molecule has 26 heavy (non-hydrogen) atoms. The van der Waals surface area contributed by atoms with Gasteiger partial charge in [-0.15, -0.1) is 0 Å². The molecule has 0 radical (unpaired) electrons. The number of hydrogen-bond acceptors (Lipinski definition) is 3. The van der Waals surface area contributed by atoms with Gasteiger partial charge in [-0.25, -0.2) is 17.4 Å². The summed E-state index contributed by atoms with van der Waals surface area (Å²) in [6.45, 7) is 0. The second-order valence-corrected chi connectivity index (χ2v) is 9.10. The Bertz CT molecular complexity index is 1270. The molecular formula is C20H15ClN2O2S. The van der Waals surface area contributed by atoms with E-state index in [-0.39, 0.29) is 5.25 Å². The van der Waals surface area contributed by atoms with Crippen LogP contribution in [0, 0.1) is 0 Å². The molecule has 0 atom stereocenters. The van der Waals surface area contributed by atoms with E-state index in [0.29, 0.717) is 34.7 Å². The van der Waals surface area contributed by atoms with E-state index in [1.807, 2.05) is 42.5 Å². The Kier molecular flexibility index (Phi) is 3.39. The maximum absolute atomic E-state index is 13.2. The molecule has 5 rings (SSSR count). The van der Waals surface area contributed by atoms with Gasteiger partial charge in [0.25, 0.3) is 0 Å². The van der Waals surface area contributed by atoms with E-state index in [0.717, 1.165) is 16.3 Å². The van der Waals surface area contributed by atoms with Crippen LogP contribution in [0.3, 0.4) is 0 Å². The predicted molar refractivity (Wildman–Crippen MR) is 105 cm³/mol. The summed E-state index contributed by atoms with van der Waals surface area (Å²) in [5.41, 5.74) is 1.97. The molecule has 3 aromatic carbocycles. The lowest BCUT2D eigenvalue weighted by Crippen LogP contribution is -2.18. The lowest BCUT2D eigenvalue weighted by molar-refractivity contribution is 0.588. The first kappa shape index (κ1) is 15.9. The van der Waals surface area contributed by atoms with Crippen LogP contribution in [0.2, 0.25) is 5.02 Å². The molecule has 1 saturated carbocycles. The van der Waals surface area contributed by atoms with Crippen molar-refractivity contribution >= 4 is 43.4 Å². The minimum Gasteiger partial charge on any atom is -0.227 e. The molecule has 0 saturated heterocycles. The third-order valence-electron chi connectivity index (χ3n) is 4.81. The molecule has 4 aromatic rings. The summed E-state index contributed by atoms with van der Waals surface area (Å²) in [5.74, 6) is 0.450. The third kappa shape index (κ3) is 2.35. The molecule has 0 bridgehead atoms. The zero-order chi connectivity index (χ0) is 17.9. The highest BCUT2D eigenvalue weighted by molar-refractivity contribution is 7.91. The van der Waals surface area contributed by atoms with Gasteiger partial charge >= 0.3 is 0 Å². The number of nitrogens with zero attached hydrogens (tertiary/aromatic N) is 2. The molecule has 0 N–H and O–H groups in total. The molecule has 1 aromatic heterocycles. The minimum atomic E-state index is -3.50. The Morgan fingerprint density at radius 3 is 2.58 bits per heavy atom. The summed E-state index contributed by atoms with van der Waals surface area (Å²) in [7, 11) is -3.50. The van der Waals surface area contributed by atoms with Gasteiger partial charge in [-0.2, -0.15) is 0 Å². The topological polar surface area (TPSA) is 52.0 Å². The predicted octanol–water partition coefficient (Wildman–Crippen LogP) is 4.85. The number of rotatable bonds is 3. The summed E-state index contributed by atoms with van der Waals surface area (Å²) >= 11 is 6.11. The van der Waals surface area contributed by atoms with Crippen LogP contribution in [0.15, 0.2) is 60.7 Å². The molecular weight excluding hydrogens is 368 g/mol. The van der Waals surface area contributed by atoms with Crippen molar-refractivity contribution in [2.45, 2.75) is 18.1 Å². The van der Waals surface area contributed by atoms with Gasteiger partial charge in [-0.05, 0) is 41.8 Å². The molecule has 0 unspecified atom stereocenters. The fourth-order valence-corrected chi connectivity index (χ4v) is 5.40. The van der Waals surface area contributed by atoms with Crippen molar-refractivity contribution in [1.29, 1.82) is 0 Å². The maximum atomic E-state index is 13.2. The lowest BCUT2D eigenvalue weighted by atomic mass is 10.0. The first-order chi connectivity index (χ1) is 12.6. The molecule has 0 amide bonds. The molecule has 1 fully saturated rings. The largest absolute Gasteiger partial charge is 0.243 e. The standard InChI is InChI=1S/C20H15ClN2O2S/c21-14-8-11-19-18(12-14)22-20(23(19)26(24,25)15-9-10-15)17-7-3-5-13-4-1-2-6-16(13)17/h1-8,11-12,15H,9-10H2. The molecule has 1 aliphatic rings. The van der Waals surface area contributed by atoms with E-state index in [2.05, 4.69) is 4.98 Å². The van der Waals surface area contributed by atoms with Gasteiger partial charge in [0.15, 0.2) is 5.82 Å². The van der Waals surface area contributed by atoms with E-state index < -0.39 is 10.0 Å². The summed E-state index contributed by atoms with van der Waals surface area (Å²) in [6.07, 6.45) is 1.40.